The number of halogens is 2. The Balaban J connectivity index is 2.65. The van der Waals surface area contributed by atoms with Crippen LogP contribution in [0.15, 0.2) is 30.9 Å². The molecule has 0 aliphatic rings. The number of Topliss-reactive ketones (excluding diaryl/α,β-unsaturated/α-hetero) is 1. The van der Waals surface area contributed by atoms with E-state index in [4.69, 9.17) is 27.9 Å². The summed E-state index contributed by atoms with van der Waals surface area (Å²) in [5.41, 5.74) is 0.494. The number of ketones is 1. The van der Waals surface area contributed by atoms with Gasteiger partial charge in [0.1, 0.15) is 6.61 Å². The first-order chi connectivity index (χ1) is 7.15. The average Bonchev–Trinajstić information content (AvgIpc) is 2.22. The van der Waals surface area contributed by atoms with Crippen molar-refractivity contribution < 1.29 is 9.53 Å². The Morgan fingerprint density at radius 2 is 2.13 bits per heavy atom. The average molecular weight is 245 g/mol. The molecule has 0 atom stereocenters. The standard InChI is InChI=1S/C11H10Cl2O2/c1-2-5-15-7-11(14)8-3-4-9(12)10(13)6-8/h2-4,6H,1,5,7H2. The Bertz CT molecular complexity index is 375. The third kappa shape index (κ3) is 3.67. The second-order valence-corrected chi connectivity index (χ2v) is 3.67. The molecule has 0 saturated carbocycles. The second-order valence-electron chi connectivity index (χ2n) is 2.86. The van der Waals surface area contributed by atoms with Gasteiger partial charge in [-0.1, -0.05) is 29.3 Å². The smallest absolute Gasteiger partial charge is 0.188 e. The summed E-state index contributed by atoms with van der Waals surface area (Å²) in [5, 5.41) is 0.798. The summed E-state index contributed by atoms with van der Waals surface area (Å²) < 4.78 is 5.03. The number of hydrogen-bond acceptors (Lipinski definition) is 2. The maximum absolute atomic E-state index is 11.5. The third-order valence-electron chi connectivity index (χ3n) is 1.71. The van der Waals surface area contributed by atoms with E-state index < -0.39 is 0 Å². The fraction of sp³-hybridized carbons (Fsp3) is 0.182. The molecule has 0 heterocycles. The molecule has 80 valence electrons. The van der Waals surface area contributed by atoms with Gasteiger partial charge >= 0.3 is 0 Å². The molecule has 0 unspecified atom stereocenters. The minimum absolute atomic E-state index is 0.0178. The molecule has 0 N–H and O–H groups in total. The lowest BCUT2D eigenvalue weighted by atomic mass is 10.1. The highest BCUT2D eigenvalue weighted by molar-refractivity contribution is 6.42. The SMILES string of the molecule is C=CCOCC(=O)c1ccc(Cl)c(Cl)c1. The quantitative estimate of drug-likeness (QED) is 0.451. The van der Waals surface area contributed by atoms with Gasteiger partial charge in [0, 0.05) is 5.56 Å². The zero-order chi connectivity index (χ0) is 11.3. The van der Waals surface area contributed by atoms with Crippen LogP contribution in [0.3, 0.4) is 0 Å². The predicted octanol–water partition coefficient (Wildman–Crippen LogP) is 3.38. The Morgan fingerprint density at radius 3 is 2.73 bits per heavy atom. The molecule has 1 rings (SSSR count). The van der Waals surface area contributed by atoms with E-state index in [1.807, 2.05) is 0 Å². The van der Waals surface area contributed by atoms with Crippen LogP contribution >= 0.6 is 23.2 Å². The summed E-state index contributed by atoms with van der Waals surface area (Å²) in [7, 11) is 0. The predicted molar refractivity (Wildman–Crippen MR) is 61.8 cm³/mol. The summed E-state index contributed by atoms with van der Waals surface area (Å²) in [6.45, 7) is 3.85. The highest BCUT2D eigenvalue weighted by Gasteiger charge is 2.07. The summed E-state index contributed by atoms with van der Waals surface area (Å²) in [6.07, 6.45) is 1.59. The van der Waals surface area contributed by atoms with Gasteiger partial charge < -0.3 is 4.74 Å². The Labute approximate surface area is 98.4 Å². The molecule has 4 heteroatoms. The van der Waals surface area contributed by atoms with Gasteiger partial charge in [-0.25, -0.2) is 0 Å². The Hall–Kier alpha value is -0.830. The zero-order valence-electron chi connectivity index (χ0n) is 8.00. The lowest BCUT2D eigenvalue weighted by Crippen LogP contribution is -2.08. The van der Waals surface area contributed by atoms with Crippen molar-refractivity contribution in [2.75, 3.05) is 13.2 Å². The van der Waals surface area contributed by atoms with Crippen LogP contribution in [0, 0.1) is 0 Å². The van der Waals surface area contributed by atoms with Crippen LogP contribution in [0.5, 0.6) is 0 Å². The summed E-state index contributed by atoms with van der Waals surface area (Å²) >= 11 is 11.5. The normalized spacial score (nSPS) is 10.0. The van der Waals surface area contributed by atoms with Crippen molar-refractivity contribution in [1.29, 1.82) is 0 Å². The third-order valence-corrected chi connectivity index (χ3v) is 2.45. The minimum Gasteiger partial charge on any atom is -0.369 e. The molecule has 0 radical (unpaired) electrons. The zero-order valence-corrected chi connectivity index (χ0v) is 9.52. The van der Waals surface area contributed by atoms with E-state index in [1.54, 1.807) is 18.2 Å². The summed E-state index contributed by atoms with van der Waals surface area (Å²) in [6, 6.07) is 4.74. The first-order valence-corrected chi connectivity index (χ1v) is 5.07. The van der Waals surface area contributed by atoms with Crippen LogP contribution in [-0.4, -0.2) is 19.0 Å². The molecular weight excluding hydrogens is 235 g/mol. The van der Waals surface area contributed by atoms with Crippen molar-refractivity contribution in [3.63, 3.8) is 0 Å². The van der Waals surface area contributed by atoms with Crippen molar-refractivity contribution in [3.05, 3.63) is 46.5 Å². The molecule has 0 fully saturated rings. The van der Waals surface area contributed by atoms with E-state index in [2.05, 4.69) is 6.58 Å². The fourth-order valence-electron chi connectivity index (χ4n) is 0.988. The van der Waals surface area contributed by atoms with Crippen LogP contribution in [0.25, 0.3) is 0 Å². The molecule has 0 spiro atoms. The van der Waals surface area contributed by atoms with Gasteiger partial charge in [0.25, 0.3) is 0 Å². The molecule has 1 aromatic rings. The number of ether oxygens (including phenoxy) is 1. The van der Waals surface area contributed by atoms with Gasteiger partial charge in [0.2, 0.25) is 0 Å². The number of benzene rings is 1. The molecule has 0 amide bonds. The maximum atomic E-state index is 11.5. The molecule has 15 heavy (non-hydrogen) atoms. The van der Waals surface area contributed by atoms with Gasteiger partial charge in [-0.05, 0) is 18.2 Å². The number of hydrogen-bond donors (Lipinski definition) is 0. The van der Waals surface area contributed by atoms with Crippen molar-refractivity contribution in [3.8, 4) is 0 Å². The Kier molecular flexibility index (Phi) is 4.82. The number of carbonyl (C=O) groups is 1. The molecule has 2 nitrogen and oxygen atoms in total. The summed E-state index contributed by atoms with van der Waals surface area (Å²) in [5.74, 6) is -0.129. The molecule has 0 saturated heterocycles. The van der Waals surface area contributed by atoms with Crippen molar-refractivity contribution in [2.45, 2.75) is 0 Å². The molecule has 0 aromatic heterocycles. The van der Waals surface area contributed by atoms with E-state index in [9.17, 15) is 4.79 Å². The van der Waals surface area contributed by atoms with Crippen LogP contribution in [0.2, 0.25) is 10.0 Å². The largest absolute Gasteiger partial charge is 0.369 e. The number of carbonyl (C=O) groups excluding carboxylic acids is 1. The van der Waals surface area contributed by atoms with Gasteiger partial charge in [-0.2, -0.15) is 0 Å². The van der Waals surface area contributed by atoms with Crippen LogP contribution in [-0.2, 0) is 4.74 Å². The lowest BCUT2D eigenvalue weighted by molar-refractivity contribution is 0.0806. The lowest BCUT2D eigenvalue weighted by Gasteiger charge is -2.02. The van der Waals surface area contributed by atoms with Crippen LogP contribution in [0.4, 0.5) is 0 Å². The minimum atomic E-state index is -0.129. The monoisotopic (exact) mass is 244 g/mol. The van der Waals surface area contributed by atoms with E-state index in [1.165, 1.54) is 6.07 Å². The first-order valence-electron chi connectivity index (χ1n) is 4.32. The highest BCUT2D eigenvalue weighted by atomic mass is 35.5. The van der Waals surface area contributed by atoms with E-state index >= 15 is 0 Å². The van der Waals surface area contributed by atoms with Crippen molar-refractivity contribution in [2.24, 2.45) is 0 Å². The number of rotatable bonds is 5. The van der Waals surface area contributed by atoms with Gasteiger partial charge in [-0.15, -0.1) is 6.58 Å². The van der Waals surface area contributed by atoms with Crippen molar-refractivity contribution >= 4 is 29.0 Å². The highest BCUT2D eigenvalue weighted by Crippen LogP contribution is 2.22. The molecule has 0 bridgehead atoms. The van der Waals surface area contributed by atoms with E-state index in [0.717, 1.165) is 0 Å². The molecule has 0 aliphatic carbocycles. The summed E-state index contributed by atoms with van der Waals surface area (Å²) in [4.78, 5) is 11.5. The fourth-order valence-corrected chi connectivity index (χ4v) is 1.29. The van der Waals surface area contributed by atoms with Gasteiger partial charge in [-0.3, -0.25) is 4.79 Å². The van der Waals surface area contributed by atoms with E-state index in [-0.39, 0.29) is 12.4 Å². The molecule has 0 aliphatic heterocycles. The van der Waals surface area contributed by atoms with E-state index in [0.29, 0.717) is 22.2 Å². The topological polar surface area (TPSA) is 26.3 Å². The van der Waals surface area contributed by atoms with Gasteiger partial charge in [0.05, 0.1) is 16.7 Å². The Morgan fingerprint density at radius 1 is 1.40 bits per heavy atom. The maximum Gasteiger partial charge on any atom is 0.188 e. The molecule has 1 aromatic carbocycles. The van der Waals surface area contributed by atoms with Crippen molar-refractivity contribution in [1.82, 2.24) is 0 Å². The first kappa shape index (κ1) is 12.2. The van der Waals surface area contributed by atoms with Crippen LogP contribution < -0.4 is 0 Å². The second kappa shape index (κ2) is 5.91. The van der Waals surface area contributed by atoms with Gasteiger partial charge in [0.15, 0.2) is 5.78 Å². The molecular formula is C11H10Cl2O2. The van der Waals surface area contributed by atoms with Crippen LogP contribution in [0.1, 0.15) is 10.4 Å².